The van der Waals surface area contributed by atoms with E-state index in [-0.39, 0.29) is 16.9 Å². The van der Waals surface area contributed by atoms with Crippen molar-refractivity contribution in [2.75, 3.05) is 11.9 Å². The average molecular weight is 739 g/mol. The molecule has 34 heavy (non-hydrogen) atoms. The van der Waals surface area contributed by atoms with Crippen LogP contribution in [0.15, 0.2) is 48.5 Å². The van der Waals surface area contributed by atoms with Crippen LogP contribution in [-0.4, -0.2) is 40.5 Å². The summed E-state index contributed by atoms with van der Waals surface area (Å²) in [7, 11) is 1.57. The van der Waals surface area contributed by atoms with Crippen LogP contribution in [0.5, 0.6) is 0 Å². The van der Waals surface area contributed by atoms with E-state index in [0.717, 1.165) is 23.6 Å². The SMILES string of the molecule is CC1CCCC(C)N1NC(=O)C(=N)C(CCNc1ccc(Cl)cc1Cl)S[At].Clc1ccccc1. The Morgan fingerprint density at radius 3 is 2.29 bits per heavy atom. The smallest absolute Gasteiger partial charge is 0.0405 e. The number of nitrogens with one attached hydrogen (secondary N) is 3. The minimum Gasteiger partial charge on any atom is -0.0843 e. The molecule has 3 N–H and O–H groups in total. The molecule has 2 aromatic rings. The van der Waals surface area contributed by atoms with Crippen LogP contribution in [0.25, 0.3) is 0 Å². The topological polar surface area (TPSA) is 68.2 Å². The number of rotatable bonds is 8. The van der Waals surface area contributed by atoms with Crippen molar-refractivity contribution in [1.82, 2.24) is 10.4 Å². The molecule has 0 aromatic heterocycles. The summed E-state index contributed by atoms with van der Waals surface area (Å²) in [6.45, 7) is 4.86. The van der Waals surface area contributed by atoms with Gasteiger partial charge in [-0.25, -0.2) is 0 Å². The minimum absolute atomic E-state index is 0.122. The van der Waals surface area contributed by atoms with E-state index in [0.29, 0.717) is 35.1 Å². The fourth-order valence-electron chi connectivity index (χ4n) is 3.58. The van der Waals surface area contributed by atoms with Crippen molar-refractivity contribution in [2.24, 2.45) is 0 Å². The summed E-state index contributed by atoms with van der Waals surface area (Å²) >= 11 is 19.1. The van der Waals surface area contributed by atoms with E-state index in [9.17, 15) is 4.79 Å². The average Bonchev–Trinajstić information content (AvgIpc) is 2.81. The van der Waals surface area contributed by atoms with Crippen molar-refractivity contribution in [3.05, 3.63) is 63.6 Å². The zero-order valence-corrected chi connectivity index (χ0v) is 25.2. The Bertz CT molecular complexity index is 928. The van der Waals surface area contributed by atoms with Gasteiger partial charge in [-0.1, -0.05) is 29.8 Å². The number of hydrogen-bond acceptors (Lipinski definition) is 5. The maximum Gasteiger partial charge on any atom is 0.0405 e. The number of nitrogens with zero attached hydrogens (tertiary/aromatic N) is 1. The molecular formula is C24H30AtCl3N4OS. The van der Waals surface area contributed by atoms with Gasteiger partial charge in [-0.05, 0) is 12.1 Å². The van der Waals surface area contributed by atoms with Crippen LogP contribution in [-0.2, 0) is 4.79 Å². The molecule has 0 aliphatic carbocycles. The van der Waals surface area contributed by atoms with Crippen molar-refractivity contribution < 1.29 is 28.0 Å². The number of carbonyl (C=O) groups is 1. The number of carbonyl (C=O) groups excluding carboxylic acids is 1. The molecule has 3 rings (SSSR count). The Morgan fingerprint density at radius 1 is 1.12 bits per heavy atom. The van der Waals surface area contributed by atoms with Crippen LogP contribution in [0, 0.1) is 28.7 Å². The van der Waals surface area contributed by atoms with Gasteiger partial charge in [0.25, 0.3) is 0 Å². The van der Waals surface area contributed by atoms with Gasteiger partial charge in [-0.2, -0.15) is 0 Å². The van der Waals surface area contributed by atoms with Gasteiger partial charge in [0.05, 0.1) is 0 Å². The zero-order valence-electron chi connectivity index (χ0n) is 19.2. The van der Waals surface area contributed by atoms with E-state index in [4.69, 9.17) is 40.2 Å². The van der Waals surface area contributed by atoms with E-state index in [1.807, 2.05) is 41.4 Å². The molecule has 1 amide bonds. The number of hydrazine groups is 1. The second kappa shape index (κ2) is 15.5. The first-order valence-corrected chi connectivity index (χ1v) is 16.6. The van der Waals surface area contributed by atoms with Crippen LogP contribution in [0.4, 0.5) is 5.69 Å². The summed E-state index contributed by atoms with van der Waals surface area (Å²) in [5.74, 6) is -0.297. The predicted molar refractivity (Wildman–Crippen MR) is 143 cm³/mol. The van der Waals surface area contributed by atoms with Crippen molar-refractivity contribution >= 4 is 60.6 Å². The third-order valence-electron chi connectivity index (χ3n) is 5.48. The van der Waals surface area contributed by atoms with Crippen molar-refractivity contribution in [3.8, 4) is 0 Å². The fourth-order valence-corrected chi connectivity index (χ4v) is 6.69. The third-order valence-corrected chi connectivity index (χ3v) is 9.48. The quantitative estimate of drug-likeness (QED) is 0.255. The largest absolute Gasteiger partial charge is 0.0843 e. The normalized spacial score (nSPS) is 18.9. The van der Waals surface area contributed by atoms with Gasteiger partial charge in [0.1, 0.15) is 0 Å². The summed E-state index contributed by atoms with van der Waals surface area (Å²) in [6, 6.07) is 15.3. The number of halogens is 3. The van der Waals surface area contributed by atoms with Crippen molar-refractivity contribution in [1.29, 1.82) is 5.41 Å². The molecule has 1 fully saturated rings. The summed E-state index contributed by atoms with van der Waals surface area (Å²) in [5, 5.41) is 15.4. The molecule has 186 valence electrons. The monoisotopic (exact) mass is 737 g/mol. The van der Waals surface area contributed by atoms with Crippen LogP contribution in [0.1, 0.15) is 39.5 Å². The number of anilines is 1. The number of amides is 1. The van der Waals surface area contributed by atoms with Gasteiger partial charge >= 0.3 is 190 Å². The molecule has 0 saturated carbocycles. The van der Waals surface area contributed by atoms with E-state index in [2.05, 4.69) is 24.6 Å². The van der Waals surface area contributed by atoms with Crippen molar-refractivity contribution in [3.63, 3.8) is 0 Å². The maximum atomic E-state index is 12.6. The summed E-state index contributed by atoms with van der Waals surface area (Å²) in [5.41, 5.74) is 3.89. The second-order valence-corrected chi connectivity index (χ2v) is 12.2. The molecule has 0 spiro atoms. The van der Waals surface area contributed by atoms with Crippen LogP contribution in [0.2, 0.25) is 15.1 Å². The molecule has 1 saturated heterocycles. The van der Waals surface area contributed by atoms with E-state index in [1.54, 1.807) is 20.7 Å². The first-order valence-electron chi connectivity index (χ1n) is 11.1. The molecule has 1 heterocycles. The van der Waals surface area contributed by atoms with Gasteiger partial charge in [0, 0.05) is 5.02 Å². The summed E-state index contributed by atoms with van der Waals surface area (Å²) in [4.78, 5) is 12.6. The Hall–Kier alpha value is -0.557. The maximum absolute atomic E-state index is 12.6. The Kier molecular flexibility index (Phi) is 13.6. The molecule has 2 aromatic carbocycles. The predicted octanol–water partition coefficient (Wildman–Crippen LogP) is 7.02. The van der Waals surface area contributed by atoms with E-state index >= 15 is 0 Å². The van der Waals surface area contributed by atoms with Crippen molar-refractivity contribution in [2.45, 2.75) is 56.9 Å². The number of benzene rings is 2. The minimum atomic E-state index is -0.297. The molecule has 0 bridgehead atoms. The second-order valence-electron chi connectivity index (χ2n) is 8.10. The first-order chi connectivity index (χ1) is 16.2. The molecule has 1 aliphatic heterocycles. The van der Waals surface area contributed by atoms with Gasteiger partial charge in [0.2, 0.25) is 0 Å². The number of piperidine rings is 1. The third kappa shape index (κ3) is 9.83. The summed E-state index contributed by atoms with van der Waals surface area (Å²) in [6.07, 6.45) is 3.98. The van der Waals surface area contributed by atoms with Gasteiger partial charge in [-0.3, -0.25) is 0 Å². The standard InChI is InChI=1S/C18H25AtCl2N4OS.C6H5Cl/c1-11-4-3-5-12(2)25(11)24-18(26)17(22)16(27-19)8-9-23-15-7-6-13(20)10-14(15)21;7-6-4-2-1-3-5-6/h6-7,10-12,16,22-23H,3-5,8-9H2,1-2H3,(H,24,26);1-5H. The summed E-state index contributed by atoms with van der Waals surface area (Å²) < 4.78 is 0. The molecule has 5 nitrogen and oxygen atoms in total. The van der Waals surface area contributed by atoms with Gasteiger partial charge < -0.3 is 0 Å². The Morgan fingerprint density at radius 2 is 1.76 bits per heavy atom. The fraction of sp³-hybridized carbons (Fsp3) is 0.417. The molecule has 0 radical (unpaired) electrons. The Labute approximate surface area is 235 Å². The zero-order chi connectivity index (χ0) is 25.1. The molecular weight excluding hydrogens is 709 g/mol. The van der Waals surface area contributed by atoms with Crippen LogP contribution in [0.3, 0.4) is 0 Å². The number of hydrogen-bond donors (Lipinski definition) is 3. The first kappa shape index (κ1) is 29.7. The van der Waals surface area contributed by atoms with E-state index < -0.39 is 0 Å². The van der Waals surface area contributed by atoms with E-state index in [1.165, 1.54) is 29.7 Å². The van der Waals surface area contributed by atoms with Crippen LogP contribution >= 0.6 is 43.3 Å². The molecule has 3 atom stereocenters. The van der Waals surface area contributed by atoms with Gasteiger partial charge in [0.15, 0.2) is 0 Å². The Balaban J connectivity index is 0.000000497. The molecule has 10 heteroatoms. The molecule has 3 unspecified atom stereocenters. The van der Waals surface area contributed by atoms with Gasteiger partial charge in [-0.15, -0.1) is 0 Å². The van der Waals surface area contributed by atoms with Crippen LogP contribution < -0.4 is 10.7 Å². The molecule has 1 aliphatic rings.